The van der Waals surface area contributed by atoms with Crippen molar-refractivity contribution in [2.45, 2.75) is 33.1 Å². The molecule has 96 valence electrons. The lowest BCUT2D eigenvalue weighted by Crippen LogP contribution is -2.35. The molecule has 0 heterocycles. The maximum absolute atomic E-state index is 11.2. The van der Waals surface area contributed by atoms with Gasteiger partial charge in [-0.1, -0.05) is 26.7 Å². The molecular formula is C12H26N2O2. The number of carbonyl (C=O) groups excluding carboxylic acids is 1. The first kappa shape index (κ1) is 15.4. The summed E-state index contributed by atoms with van der Waals surface area (Å²) in [7, 11) is 1.62. The number of nitrogens with one attached hydrogen (secondary N) is 2. The molecule has 0 atom stereocenters. The van der Waals surface area contributed by atoms with Crippen LogP contribution in [0.5, 0.6) is 0 Å². The Kier molecular flexibility index (Phi) is 10.5. The monoisotopic (exact) mass is 230 g/mol. The Morgan fingerprint density at radius 3 is 2.62 bits per heavy atom. The summed E-state index contributed by atoms with van der Waals surface area (Å²) in [6.07, 6.45) is 3.64. The van der Waals surface area contributed by atoms with Crippen molar-refractivity contribution in [1.82, 2.24) is 10.6 Å². The van der Waals surface area contributed by atoms with Crippen LogP contribution in [0.25, 0.3) is 0 Å². The van der Waals surface area contributed by atoms with Crippen LogP contribution in [0, 0.1) is 5.92 Å². The van der Waals surface area contributed by atoms with E-state index in [0.717, 1.165) is 18.9 Å². The minimum absolute atomic E-state index is 0.0425. The standard InChI is InChI=1S/C12H26N2O2/c1-11(2)6-4-5-7-13-10-12(15)14-8-9-16-3/h11,13H,4-10H2,1-3H3,(H,14,15). The number of amides is 1. The molecule has 4 nitrogen and oxygen atoms in total. The molecule has 0 aliphatic carbocycles. The molecular weight excluding hydrogens is 204 g/mol. The predicted octanol–water partition coefficient (Wildman–Crippen LogP) is 1.16. The smallest absolute Gasteiger partial charge is 0.234 e. The van der Waals surface area contributed by atoms with Gasteiger partial charge in [-0.15, -0.1) is 0 Å². The Morgan fingerprint density at radius 2 is 2.00 bits per heavy atom. The van der Waals surface area contributed by atoms with E-state index in [0.29, 0.717) is 19.7 Å². The third-order valence-corrected chi connectivity index (χ3v) is 2.30. The summed E-state index contributed by atoms with van der Waals surface area (Å²) >= 11 is 0. The first-order valence-corrected chi connectivity index (χ1v) is 6.13. The molecule has 0 radical (unpaired) electrons. The van der Waals surface area contributed by atoms with Crippen LogP contribution in [-0.4, -0.2) is 39.3 Å². The normalized spacial score (nSPS) is 10.8. The highest BCUT2D eigenvalue weighted by molar-refractivity contribution is 5.77. The zero-order chi connectivity index (χ0) is 12.2. The van der Waals surface area contributed by atoms with Crippen LogP contribution in [0.1, 0.15) is 33.1 Å². The van der Waals surface area contributed by atoms with Gasteiger partial charge in [-0.25, -0.2) is 0 Å². The van der Waals surface area contributed by atoms with Gasteiger partial charge >= 0.3 is 0 Å². The highest BCUT2D eigenvalue weighted by Gasteiger charge is 1.99. The first-order valence-electron chi connectivity index (χ1n) is 6.13. The summed E-state index contributed by atoms with van der Waals surface area (Å²) in [6.45, 7) is 6.95. The van der Waals surface area contributed by atoms with Gasteiger partial charge in [0.25, 0.3) is 0 Å². The molecule has 0 fully saturated rings. The number of ether oxygens (including phenoxy) is 1. The van der Waals surface area contributed by atoms with Gasteiger partial charge < -0.3 is 15.4 Å². The second kappa shape index (κ2) is 10.9. The molecule has 1 amide bonds. The number of hydrogen-bond acceptors (Lipinski definition) is 3. The Morgan fingerprint density at radius 1 is 1.25 bits per heavy atom. The summed E-state index contributed by atoms with van der Waals surface area (Å²) < 4.78 is 4.84. The molecule has 16 heavy (non-hydrogen) atoms. The summed E-state index contributed by atoms with van der Waals surface area (Å²) in [5.74, 6) is 0.818. The average Bonchev–Trinajstić information content (AvgIpc) is 2.23. The third kappa shape index (κ3) is 11.5. The molecule has 0 saturated carbocycles. The summed E-state index contributed by atoms with van der Waals surface area (Å²) in [4.78, 5) is 11.2. The number of unbranched alkanes of at least 4 members (excludes halogenated alkanes) is 1. The molecule has 0 bridgehead atoms. The molecule has 0 rings (SSSR count). The van der Waals surface area contributed by atoms with Gasteiger partial charge in [0, 0.05) is 13.7 Å². The Bertz CT molecular complexity index is 172. The molecule has 0 aromatic rings. The van der Waals surface area contributed by atoms with E-state index in [1.165, 1.54) is 12.8 Å². The summed E-state index contributed by atoms with van der Waals surface area (Å²) in [6, 6.07) is 0. The lowest BCUT2D eigenvalue weighted by Gasteiger charge is -2.07. The molecule has 4 heteroatoms. The van der Waals surface area contributed by atoms with Crippen LogP contribution < -0.4 is 10.6 Å². The fraction of sp³-hybridized carbons (Fsp3) is 0.917. The van der Waals surface area contributed by atoms with Gasteiger partial charge in [0.2, 0.25) is 5.91 Å². The van der Waals surface area contributed by atoms with Crippen LogP contribution in [0.4, 0.5) is 0 Å². The zero-order valence-corrected chi connectivity index (χ0v) is 10.8. The van der Waals surface area contributed by atoms with Crippen molar-refractivity contribution in [2.24, 2.45) is 5.92 Å². The average molecular weight is 230 g/mol. The number of hydrogen-bond donors (Lipinski definition) is 2. The van der Waals surface area contributed by atoms with Gasteiger partial charge in [0.15, 0.2) is 0 Å². The highest BCUT2D eigenvalue weighted by Crippen LogP contribution is 2.04. The van der Waals surface area contributed by atoms with Crippen molar-refractivity contribution in [2.75, 3.05) is 33.4 Å². The first-order chi connectivity index (χ1) is 7.66. The third-order valence-electron chi connectivity index (χ3n) is 2.30. The maximum atomic E-state index is 11.2. The molecule has 0 saturated heterocycles. The van der Waals surface area contributed by atoms with E-state index in [9.17, 15) is 4.79 Å². The second-order valence-corrected chi connectivity index (χ2v) is 4.41. The second-order valence-electron chi connectivity index (χ2n) is 4.41. The Labute approximate surface area is 99.1 Å². The Balaban J connectivity index is 3.15. The lowest BCUT2D eigenvalue weighted by molar-refractivity contribution is -0.120. The van der Waals surface area contributed by atoms with Crippen LogP contribution in [0.3, 0.4) is 0 Å². The maximum Gasteiger partial charge on any atom is 0.234 e. The van der Waals surface area contributed by atoms with Crippen LogP contribution >= 0.6 is 0 Å². The van der Waals surface area contributed by atoms with E-state index in [4.69, 9.17) is 4.74 Å². The van der Waals surface area contributed by atoms with Gasteiger partial charge in [0.1, 0.15) is 0 Å². The van der Waals surface area contributed by atoms with Gasteiger partial charge in [-0.3, -0.25) is 4.79 Å². The van der Waals surface area contributed by atoms with Crippen molar-refractivity contribution in [3.63, 3.8) is 0 Å². The molecule has 0 unspecified atom stereocenters. The van der Waals surface area contributed by atoms with Gasteiger partial charge in [0.05, 0.1) is 13.2 Å². The SMILES string of the molecule is COCCNC(=O)CNCCCCC(C)C. The van der Waals surface area contributed by atoms with Crippen molar-refractivity contribution in [3.05, 3.63) is 0 Å². The molecule has 0 aromatic heterocycles. The van der Waals surface area contributed by atoms with E-state index in [1.807, 2.05) is 0 Å². The number of carbonyl (C=O) groups is 1. The van der Waals surface area contributed by atoms with Crippen LogP contribution in [0.2, 0.25) is 0 Å². The Hall–Kier alpha value is -0.610. The summed E-state index contributed by atoms with van der Waals surface area (Å²) in [5.41, 5.74) is 0. The van der Waals surface area contributed by atoms with E-state index in [-0.39, 0.29) is 5.91 Å². The van der Waals surface area contributed by atoms with E-state index >= 15 is 0 Å². The van der Waals surface area contributed by atoms with Crippen molar-refractivity contribution in [3.8, 4) is 0 Å². The van der Waals surface area contributed by atoms with E-state index < -0.39 is 0 Å². The zero-order valence-electron chi connectivity index (χ0n) is 10.8. The highest BCUT2D eigenvalue weighted by atomic mass is 16.5. The van der Waals surface area contributed by atoms with Crippen molar-refractivity contribution >= 4 is 5.91 Å². The topological polar surface area (TPSA) is 50.4 Å². The van der Waals surface area contributed by atoms with E-state index in [1.54, 1.807) is 7.11 Å². The van der Waals surface area contributed by atoms with Crippen LogP contribution in [-0.2, 0) is 9.53 Å². The van der Waals surface area contributed by atoms with Crippen molar-refractivity contribution in [1.29, 1.82) is 0 Å². The van der Waals surface area contributed by atoms with Crippen molar-refractivity contribution < 1.29 is 9.53 Å². The predicted molar refractivity (Wildman–Crippen MR) is 66.4 cm³/mol. The number of methoxy groups -OCH3 is 1. The van der Waals surface area contributed by atoms with Gasteiger partial charge in [-0.2, -0.15) is 0 Å². The molecule has 0 aromatic carbocycles. The fourth-order valence-electron chi connectivity index (χ4n) is 1.36. The summed E-state index contributed by atoms with van der Waals surface area (Å²) in [5, 5.41) is 5.90. The van der Waals surface area contributed by atoms with Gasteiger partial charge in [-0.05, 0) is 18.9 Å². The molecule has 2 N–H and O–H groups in total. The fourth-order valence-corrected chi connectivity index (χ4v) is 1.36. The number of rotatable bonds is 10. The largest absolute Gasteiger partial charge is 0.383 e. The molecule has 0 spiro atoms. The lowest BCUT2D eigenvalue weighted by atomic mass is 10.1. The van der Waals surface area contributed by atoms with E-state index in [2.05, 4.69) is 24.5 Å². The quantitative estimate of drug-likeness (QED) is 0.554. The molecule has 0 aliphatic heterocycles. The van der Waals surface area contributed by atoms with Crippen LogP contribution in [0.15, 0.2) is 0 Å². The molecule has 0 aliphatic rings. The minimum atomic E-state index is 0.0425. The minimum Gasteiger partial charge on any atom is -0.383 e.